The molecule has 15 atom stereocenters. The van der Waals surface area contributed by atoms with E-state index in [-0.39, 0.29) is 13.0 Å². The molecule has 0 bridgehead atoms. The van der Waals surface area contributed by atoms with Crippen molar-refractivity contribution >= 4 is 0 Å². The fourth-order valence-corrected chi connectivity index (χ4v) is 4.95. The van der Waals surface area contributed by atoms with Gasteiger partial charge >= 0.3 is 0 Å². The number of likely N-dealkylation sites (N-methyl/N-ethyl adjacent to an activating group) is 1. The average molecular weight is 497 g/mol. The highest BCUT2D eigenvalue weighted by atomic mass is 16.7. The van der Waals surface area contributed by atoms with E-state index in [9.17, 15) is 30.6 Å². The third-order valence-corrected chi connectivity index (χ3v) is 6.95. The number of nitrogens with two attached hydrogens (primary N) is 3. The van der Waals surface area contributed by atoms with E-state index in [0.717, 1.165) is 0 Å². The molecule has 2 saturated heterocycles. The minimum absolute atomic E-state index is 0.135. The van der Waals surface area contributed by atoms with Gasteiger partial charge in [0.2, 0.25) is 0 Å². The van der Waals surface area contributed by atoms with Crippen LogP contribution in [-0.4, -0.2) is 135 Å². The van der Waals surface area contributed by atoms with Crippen LogP contribution in [0.2, 0.25) is 0 Å². The Morgan fingerprint density at radius 2 is 1.50 bits per heavy atom. The number of ether oxygens (including phenoxy) is 4. The molecule has 0 aromatic rings. The fourth-order valence-electron chi connectivity index (χ4n) is 4.95. The van der Waals surface area contributed by atoms with Crippen molar-refractivity contribution in [1.29, 1.82) is 0 Å². The number of aliphatic hydroxyl groups is 6. The topological polar surface area (TPSA) is 248 Å². The third kappa shape index (κ3) is 5.40. The zero-order chi connectivity index (χ0) is 25.5. The van der Waals surface area contributed by atoms with Crippen LogP contribution in [0.3, 0.4) is 0 Å². The standard InChI is InChI=1S/C20H40N4O10/c1-6(25)14-11(27)10(26)9(23)18(32-14)33-15-7(21)4-8(22)16(12(15)28)34-19-13(29)17(24-3)20(2,30)5-31-19/h6-19,24-30H,4-5,21-23H2,1-3H3/t6-,7+,8-,9+,10+,11-,12+,13-,14+,15+,16+,17-,18+,19-,20+/m0/s1. The van der Waals surface area contributed by atoms with Crippen molar-refractivity contribution in [2.24, 2.45) is 17.2 Å². The van der Waals surface area contributed by atoms with Gasteiger partial charge in [0.05, 0.1) is 24.8 Å². The molecule has 14 nitrogen and oxygen atoms in total. The molecule has 2 aliphatic heterocycles. The smallest absolute Gasteiger partial charge is 0.185 e. The first kappa shape index (κ1) is 28.0. The van der Waals surface area contributed by atoms with Crippen LogP contribution in [0.25, 0.3) is 0 Å². The van der Waals surface area contributed by atoms with Gasteiger partial charge in [-0.1, -0.05) is 0 Å². The third-order valence-electron chi connectivity index (χ3n) is 6.95. The van der Waals surface area contributed by atoms with Gasteiger partial charge in [0.25, 0.3) is 0 Å². The lowest BCUT2D eigenvalue weighted by Gasteiger charge is -2.49. The second-order valence-corrected chi connectivity index (χ2v) is 9.82. The largest absolute Gasteiger partial charge is 0.391 e. The molecule has 0 aromatic carbocycles. The van der Waals surface area contributed by atoms with E-state index in [1.807, 2.05) is 0 Å². The Morgan fingerprint density at radius 1 is 0.941 bits per heavy atom. The monoisotopic (exact) mass is 496 g/mol. The molecule has 0 aromatic heterocycles. The summed E-state index contributed by atoms with van der Waals surface area (Å²) in [5, 5.41) is 65.2. The predicted octanol–water partition coefficient (Wildman–Crippen LogP) is -5.61. The highest BCUT2D eigenvalue weighted by Gasteiger charge is 2.52. The van der Waals surface area contributed by atoms with E-state index in [4.69, 9.17) is 36.1 Å². The van der Waals surface area contributed by atoms with Crippen LogP contribution < -0.4 is 22.5 Å². The average Bonchev–Trinajstić information content (AvgIpc) is 2.75. The molecule has 3 aliphatic rings. The number of hydrogen-bond donors (Lipinski definition) is 10. The van der Waals surface area contributed by atoms with E-state index in [1.165, 1.54) is 13.8 Å². The number of rotatable bonds is 6. The summed E-state index contributed by atoms with van der Waals surface area (Å²) in [4.78, 5) is 0. The Labute approximate surface area is 197 Å². The second-order valence-electron chi connectivity index (χ2n) is 9.82. The molecule has 2 heterocycles. The van der Waals surface area contributed by atoms with Crippen LogP contribution in [0.1, 0.15) is 20.3 Å². The fraction of sp³-hybridized carbons (Fsp3) is 1.00. The summed E-state index contributed by atoms with van der Waals surface area (Å²) >= 11 is 0. The molecule has 13 N–H and O–H groups in total. The maximum absolute atomic E-state index is 11.1. The first-order valence-corrected chi connectivity index (χ1v) is 11.4. The summed E-state index contributed by atoms with van der Waals surface area (Å²) in [6, 6.07) is -3.47. The predicted molar refractivity (Wildman–Crippen MR) is 116 cm³/mol. The summed E-state index contributed by atoms with van der Waals surface area (Å²) < 4.78 is 22.8. The van der Waals surface area contributed by atoms with Gasteiger partial charge in [-0.15, -0.1) is 0 Å². The number of nitrogens with one attached hydrogen (secondary N) is 1. The summed E-state index contributed by atoms with van der Waals surface area (Å²) in [5.74, 6) is 0. The molecule has 0 amide bonds. The minimum Gasteiger partial charge on any atom is -0.391 e. The molecule has 0 spiro atoms. The van der Waals surface area contributed by atoms with Crippen LogP contribution in [0.5, 0.6) is 0 Å². The Morgan fingerprint density at radius 3 is 2.03 bits per heavy atom. The highest BCUT2D eigenvalue weighted by Crippen LogP contribution is 2.32. The first-order valence-electron chi connectivity index (χ1n) is 11.4. The van der Waals surface area contributed by atoms with E-state index in [2.05, 4.69) is 5.32 Å². The Kier molecular flexibility index (Phi) is 8.92. The van der Waals surface area contributed by atoms with E-state index < -0.39 is 91.2 Å². The first-order chi connectivity index (χ1) is 15.8. The molecular weight excluding hydrogens is 456 g/mol. The number of aliphatic hydroxyl groups excluding tert-OH is 5. The van der Waals surface area contributed by atoms with Crippen molar-refractivity contribution in [1.82, 2.24) is 5.32 Å². The molecule has 1 saturated carbocycles. The van der Waals surface area contributed by atoms with Crippen molar-refractivity contribution in [3.63, 3.8) is 0 Å². The molecule has 14 heteroatoms. The van der Waals surface area contributed by atoms with Crippen molar-refractivity contribution in [2.75, 3.05) is 13.7 Å². The normalized spacial score (nSPS) is 53.5. The van der Waals surface area contributed by atoms with Crippen molar-refractivity contribution in [3.8, 4) is 0 Å². The molecule has 200 valence electrons. The maximum atomic E-state index is 11.1. The zero-order valence-electron chi connectivity index (χ0n) is 19.5. The van der Waals surface area contributed by atoms with Crippen molar-refractivity contribution < 1.29 is 49.6 Å². The molecule has 0 radical (unpaired) electrons. The lowest BCUT2D eigenvalue weighted by Crippen LogP contribution is -2.69. The summed E-state index contributed by atoms with van der Waals surface area (Å²) in [7, 11) is 1.58. The summed E-state index contributed by atoms with van der Waals surface area (Å²) in [5.41, 5.74) is 17.0. The van der Waals surface area contributed by atoms with E-state index >= 15 is 0 Å². The number of hydrogen-bond acceptors (Lipinski definition) is 14. The SMILES string of the molecule is CN[C@H]1[C@H](O)[C@H](O[C@H]2[C@H](O)[C@H](O[C@H]3O[C@H]([C@H](C)O)[C@@H](O)[C@H](O)[C@H]3N)[C@H](N)C[C@@H]2N)OC[C@@]1(C)O. The van der Waals surface area contributed by atoms with Gasteiger partial charge in [-0.25, -0.2) is 0 Å². The van der Waals surface area contributed by atoms with Gasteiger partial charge in [0.15, 0.2) is 12.6 Å². The summed E-state index contributed by atoms with van der Waals surface area (Å²) in [6.07, 6.45) is -12.4. The Hall–Kier alpha value is -0.560. The van der Waals surface area contributed by atoms with Gasteiger partial charge in [0, 0.05) is 12.1 Å². The second kappa shape index (κ2) is 10.8. The van der Waals surface area contributed by atoms with Crippen LogP contribution >= 0.6 is 0 Å². The molecule has 1 aliphatic carbocycles. The van der Waals surface area contributed by atoms with Crippen LogP contribution in [0.15, 0.2) is 0 Å². The highest BCUT2D eigenvalue weighted by molar-refractivity contribution is 5.02. The van der Waals surface area contributed by atoms with E-state index in [0.29, 0.717) is 0 Å². The Bertz CT molecular complexity index is 675. The molecule has 34 heavy (non-hydrogen) atoms. The van der Waals surface area contributed by atoms with Crippen molar-refractivity contribution in [2.45, 2.75) is 111 Å². The van der Waals surface area contributed by atoms with Crippen LogP contribution in [0.4, 0.5) is 0 Å². The van der Waals surface area contributed by atoms with Gasteiger partial charge in [-0.05, 0) is 27.3 Å². The lowest BCUT2D eigenvalue weighted by atomic mass is 9.84. The molecule has 3 rings (SSSR count). The van der Waals surface area contributed by atoms with Crippen LogP contribution in [-0.2, 0) is 18.9 Å². The van der Waals surface area contributed by atoms with Crippen molar-refractivity contribution in [3.05, 3.63) is 0 Å². The van der Waals surface area contributed by atoms with E-state index in [1.54, 1.807) is 7.05 Å². The van der Waals surface area contributed by atoms with Gasteiger partial charge in [0.1, 0.15) is 48.3 Å². The van der Waals surface area contributed by atoms with Gasteiger partial charge in [-0.3, -0.25) is 0 Å². The Balaban J connectivity index is 1.73. The molecule has 3 fully saturated rings. The maximum Gasteiger partial charge on any atom is 0.185 e. The summed E-state index contributed by atoms with van der Waals surface area (Å²) in [6.45, 7) is 2.75. The minimum atomic E-state index is -1.46. The lowest BCUT2D eigenvalue weighted by molar-refractivity contribution is -0.319. The molecule has 0 unspecified atom stereocenters. The zero-order valence-corrected chi connectivity index (χ0v) is 19.5. The van der Waals surface area contributed by atoms with Crippen LogP contribution in [0, 0.1) is 0 Å². The molecular formula is C20H40N4O10. The quantitative estimate of drug-likeness (QED) is 0.165. The van der Waals surface area contributed by atoms with Gasteiger partial charge < -0.3 is 72.1 Å². The van der Waals surface area contributed by atoms with Gasteiger partial charge in [-0.2, -0.15) is 0 Å².